The molecular formula is C15H8FN3O2. The number of aromatic nitrogens is 3. The number of benzene rings is 2. The number of nitrogens with zero attached hydrogens (tertiary/aromatic N) is 3. The number of halogens is 1. The molecule has 6 heteroatoms. The summed E-state index contributed by atoms with van der Waals surface area (Å²) in [7, 11) is 0. The van der Waals surface area contributed by atoms with E-state index in [0.29, 0.717) is 16.6 Å². The molecule has 0 aliphatic carbocycles. The maximum atomic E-state index is 13.8. The molecule has 0 bridgehead atoms. The zero-order chi connectivity index (χ0) is 14.4. The molecule has 0 aliphatic heterocycles. The first kappa shape index (κ1) is 11.8. The fraction of sp³-hybridized carbons (Fsp3) is 0. The molecule has 102 valence electrons. The van der Waals surface area contributed by atoms with E-state index in [1.807, 2.05) is 0 Å². The highest BCUT2D eigenvalue weighted by atomic mass is 19.1. The molecule has 2 aromatic carbocycles. The first-order valence-corrected chi connectivity index (χ1v) is 6.27. The van der Waals surface area contributed by atoms with E-state index in [1.54, 1.807) is 42.5 Å². The van der Waals surface area contributed by atoms with Gasteiger partial charge in [0.25, 0.3) is 0 Å². The van der Waals surface area contributed by atoms with Gasteiger partial charge < -0.3 is 4.42 Å². The van der Waals surface area contributed by atoms with Crippen LogP contribution in [0.25, 0.3) is 28.0 Å². The number of para-hydroxylation sites is 1. The summed E-state index contributed by atoms with van der Waals surface area (Å²) in [5, 5.41) is 4.70. The predicted molar refractivity (Wildman–Crippen MR) is 74.4 cm³/mol. The average Bonchev–Trinajstić information content (AvgIpc) is 2.94. The summed E-state index contributed by atoms with van der Waals surface area (Å²) in [6, 6.07) is 13.2. The maximum absolute atomic E-state index is 13.8. The standard InChI is InChI=1S/C15H8FN3O2/c16-11-7-3-1-5-9(11)13-17-14-10-6-2-4-8-12(10)21-15(20)19(14)18-13/h1-8H. The van der Waals surface area contributed by atoms with Gasteiger partial charge in [-0.05, 0) is 24.3 Å². The minimum atomic E-state index is -0.654. The monoisotopic (exact) mass is 281 g/mol. The van der Waals surface area contributed by atoms with E-state index in [-0.39, 0.29) is 11.4 Å². The molecule has 0 aliphatic rings. The van der Waals surface area contributed by atoms with E-state index >= 15 is 0 Å². The Bertz CT molecular complexity index is 1040. The second-order valence-corrected chi connectivity index (χ2v) is 4.51. The Morgan fingerprint density at radius 1 is 1.05 bits per heavy atom. The number of rotatable bonds is 1. The second-order valence-electron chi connectivity index (χ2n) is 4.51. The zero-order valence-corrected chi connectivity index (χ0v) is 10.7. The Morgan fingerprint density at radius 2 is 1.81 bits per heavy atom. The SMILES string of the molecule is O=c1oc2ccccc2c2nc(-c3ccccc3F)nn12. The molecule has 2 aromatic heterocycles. The van der Waals surface area contributed by atoms with E-state index in [0.717, 1.165) is 4.52 Å². The van der Waals surface area contributed by atoms with Crippen molar-refractivity contribution in [3.8, 4) is 11.4 Å². The average molecular weight is 281 g/mol. The molecule has 0 unspecified atom stereocenters. The molecule has 0 amide bonds. The largest absolute Gasteiger partial charge is 0.442 e. The first-order valence-electron chi connectivity index (χ1n) is 6.27. The smallest absolute Gasteiger partial charge is 0.408 e. The van der Waals surface area contributed by atoms with Crippen molar-refractivity contribution in [3.05, 3.63) is 64.9 Å². The lowest BCUT2D eigenvalue weighted by molar-refractivity contribution is 0.507. The fourth-order valence-corrected chi connectivity index (χ4v) is 2.25. The Morgan fingerprint density at radius 3 is 2.67 bits per heavy atom. The summed E-state index contributed by atoms with van der Waals surface area (Å²) in [6.45, 7) is 0. The molecular weight excluding hydrogens is 273 g/mol. The molecule has 5 nitrogen and oxygen atoms in total. The van der Waals surface area contributed by atoms with Gasteiger partial charge in [-0.25, -0.2) is 14.2 Å². The van der Waals surface area contributed by atoms with Crippen molar-refractivity contribution >= 4 is 16.6 Å². The van der Waals surface area contributed by atoms with E-state index in [1.165, 1.54) is 6.07 Å². The predicted octanol–water partition coefficient (Wildman–Crippen LogP) is 2.64. The molecule has 0 saturated carbocycles. The van der Waals surface area contributed by atoms with Crippen LogP contribution in [0.3, 0.4) is 0 Å². The number of fused-ring (bicyclic) bond motifs is 3. The summed E-state index contributed by atoms with van der Waals surface area (Å²) in [4.78, 5) is 16.2. The van der Waals surface area contributed by atoms with Gasteiger partial charge >= 0.3 is 5.76 Å². The lowest BCUT2D eigenvalue weighted by Gasteiger charge is -1.95. The third kappa shape index (κ3) is 1.73. The molecule has 2 heterocycles. The molecule has 21 heavy (non-hydrogen) atoms. The third-order valence-electron chi connectivity index (χ3n) is 3.22. The molecule has 4 rings (SSSR count). The highest BCUT2D eigenvalue weighted by Gasteiger charge is 2.15. The molecule has 0 spiro atoms. The Hall–Kier alpha value is -3.02. The van der Waals surface area contributed by atoms with E-state index in [2.05, 4.69) is 10.1 Å². The van der Waals surface area contributed by atoms with E-state index in [9.17, 15) is 9.18 Å². The summed E-state index contributed by atoms with van der Waals surface area (Å²) in [5.74, 6) is -0.947. The van der Waals surface area contributed by atoms with Gasteiger partial charge in [-0.3, -0.25) is 0 Å². The zero-order valence-electron chi connectivity index (χ0n) is 10.7. The molecule has 0 saturated heterocycles. The van der Waals surface area contributed by atoms with Crippen LogP contribution >= 0.6 is 0 Å². The number of hydrogen-bond donors (Lipinski definition) is 0. The first-order chi connectivity index (χ1) is 10.2. The topological polar surface area (TPSA) is 60.4 Å². The molecule has 0 fully saturated rings. The minimum absolute atomic E-state index is 0.150. The van der Waals surface area contributed by atoms with Crippen molar-refractivity contribution in [1.29, 1.82) is 0 Å². The van der Waals surface area contributed by atoms with Crippen LogP contribution in [0.4, 0.5) is 4.39 Å². The van der Waals surface area contributed by atoms with Gasteiger partial charge in [-0.2, -0.15) is 0 Å². The van der Waals surface area contributed by atoms with Gasteiger partial charge in [0.15, 0.2) is 11.5 Å². The lowest BCUT2D eigenvalue weighted by Crippen LogP contribution is -2.12. The quantitative estimate of drug-likeness (QED) is 0.538. The van der Waals surface area contributed by atoms with Crippen molar-refractivity contribution in [2.75, 3.05) is 0 Å². The van der Waals surface area contributed by atoms with Crippen LogP contribution in [0.5, 0.6) is 0 Å². The summed E-state index contributed by atoms with van der Waals surface area (Å²) in [6.07, 6.45) is 0. The van der Waals surface area contributed by atoms with Crippen molar-refractivity contribution in [3.63, 3.8) is 0 Å². The third-order valence-corrected chi connectivity index (χ3v) is 3.22. The molecule has 0 radical (unpaired) electrons. The molecule has 0 N–H and O–H groups in total. The minimum Gasteiger partial charge on any atom is -0.408 e. The number of hydrogen-bond acceptors (Lipinski definition) is 4. The highest BCUT2D eigenvalue weighted by molar-refractivity contribution is 5.90. The van der Waals surface area contributed by atoms with Gasteiger partial charge in [0.2, 0.25) is 0 Å². The fourth-order valence-electron chi connectivity index (χ4n) is 2.25. The second kappa shape index (κ2) is 4.24. The summed E-state index contributed by atoms with van der Waals surface area (Å²) < 4.78 is 20.0. The lowest BCUT2D eigenvalue weighted by atomic mass is 10.2. The molecule has 4 aromatic rings. The molecule has 0 atom stereocenters. The van der Waals surface area contributed by atoms with Crippen LogP contribution in [0.1, 0.15) is 0 Å². The van der Waals surface area contributed by atoms with Gasteiger partial charge in [-0.15, -0.1) is 9.61 Å². The van der Waals surface area contributed by atoms with Gasteiger partial charge in [-0.1, -0.05) is 24.3 Å². The maximum Gasteiger partial charge on any atom is 0.442 e. The Kier molecular flexibility index (Phi) is 2.38. The van der Waals surface area contributed by atoms with Crippen LogP contribution < -0.4 is 5.76 Å². The van der Waals surface area contributed by atoms with Crippen LogP contribution in [0.15, 0.2) is 57.7 Å². The van der Waals surface area contributed by atoms with Crippen LogP contribution in [0.2, 0.25) is 0 Å². The normalized spacial score (nSPS) is 11.3. The van der Waals surface area contributed by atoms with Crippen LogP contribution in [-0.4, -0.2) is 14.6 Å². The Labute approximate surface area is 117 Å². The van der Waals surface area contributed by atoms with Crippen molar-refractivity contribution < 1.29 is 8.81 Å². The van der Waals surface area contributed by atoms with Gasteiger partial charge in [0.1, 0.15) is 11.4 Å². The summed E-state index contributed by atoms with van der Waals surface area (Å²) in [5.41, 5.74) is 1.01. The van der Waals surface area contributed by atoms with Crippen molar-refractivity contribution in [2.45, 2.75) is 0 Å². The highest BCUT2D eigenvalue weighted by Crippen LogP contribution is 2.22. The summed E-state index contributed by atoms with van der Waals surface area (Å²) >= 11 is 0. The Balaban J connectivity index is 2.11. The van der Waals surface area contributed by atoms with E-state index < -0.39 is 11.6 Å². The van der Waals surface area contributed by atoms with E-state index in [4.69, 9.17) is 4.42 Å². The van der Waals surface area contributed by atoms with Crippen molar-refractivity contribution in [1.82, 2.24) is 14.6 Å². The van der Waals surface area contributed by atoms with Gasteiger partial charge in [0.05, 0.1) is 10.9 Å². The van der Waals surface area contributed by atoms with Crippen molar-refractivity contribution in [2.24, 2.45) is 0 Å². The van der Waals surface area contributed by atoms with Gasteiger partial charge in [0, 0.05) is 0 Å². The van der Waals surface area contributed by atoms with Crippen LogP contribution in [-0.2, 0) is 0 Å². The van der Waals surface area contributed by atoms with Crippen LogP contribution in [0, 0.1) is 5.82 Å².